The van der Waals surface area contributed by atoms with Crippen LogP contribution < -0.4 is 15.4 Å². The minimum Gasteiger partial charge on any atom is -0.484 e. The SMILES string of the molecule is CCCNC(=O)CNC(=O)COc1ccc(Cl)c(C)c1. The third-order valence-corrected chi connectivity index (χ3v) is 2.94. The highest BCUT2D eigenvalue weighted by atomic mass is 35.5. The summed E-state index contributed by atoms with van der Waals surface area (Å²) in [6, 6.07) is 5.16. The molecule has 1 aromatic rings. The summed E-state index contributed by atoms with van der Waals surface area (Å²) in [5.41, 5.74) is 0.878. The van der Waals surface area contributed by atoms with Gasteiger partial charge in [-0.3, -0.25) is 9.59 Å². The van der Waals surface area contributed by atoms with Crippen LogP contribution in [0.1, 0.15) is 18.9 Å². The Morgan fingerprint density at radius 1 is 1.25 bits per heavy atom. The summed E-state index contributed by atoms with van der Waals surface area (Å²) in [5, 5.41) is 5.80. The maximum absolute atomic E-state index is 11.5. The van der Waals surface area contributed by atoms with E-state index in [1.165, 1.54) is 0 Å². The van der Waals surface area contributed by atoms with E-state index in [9.17, 15) is 9.59 Å². The molecule has 0 aliphatic carbocycles. The van der Waals surface area contributed by atoms with E-state index in [0.717, 1.165) is 12.0 Å². The highest BCUT2D eigenvalue weighted by Crippen LogP contribution is 2.20. The van der Waals surface area contributed by atoms with E-state index < -0.39 is 0 Å². The van der Waals surface area contributed by atoms with Crippen molar-refractivity contribution in [3.05, 3.63) is 28.8 Å². The molecular formula is C14H19ClN2O3. The lowest BCUT2D eigenvalue weighted by molar-refractivity contribution is -0.127. The van der Waals surface area contributed by atoms with Gasteiger partial charge in [-0.1, -0.05) is 18.5 Å². The lowest BCUT2D eigenvalue weighted by atomic mass is 10.2. The van der Waals surface area contributed by atoms with E-state index >= 15 is 0 Å². The van der Waals surface area contributed by atoms with E-state index in [1.807, 2.05) is 13.8 Å². The van der Waals surface area contributed by atoms with Gasteiger partial charge < -0.3 is 15.4 Å². The molecule has 110 valence electrons. The van der Waals surface area contributed by atoms with E-state index in [2.05, 4.69) is 10.6 Å². The summed E-state index contributed by atoms with van der Waals surface area (Å²) in [7, 11) is 0. The van der Waals surface area contributed by atoms with Gasteiger partial charge in [-0.15, -0.1) is 0 Å². The first-order valence-corrected chi connectivity index (χ1v) is 6.83. The van der Waals surface area contributed by atoms with Gasteiger partial charge in [0.1, 0.15) is 5.75 Å². The van der Waals surface area contributed by atoms with Gasteiger partial charge in [0.2, 0.25) is 5.91 Å². The molecule has 2 amide bonds. The van der Waals surface area contributed by atoms with Crippen molar-refractivity contribution in [2.24, 2.45) is 0 Å². The van der Waals surface area contributed by atoms with Crippen molar-refractivity contribution in [1.82, 2.24) is 10.6 Å². The van der Waals surface area contributed by atoms with Crippen LogP contribution in [0.5, 0.6) is 5.75 Å². The number of hydrogen-bond acceptors (Lipinski definition) is 3. The molecule has 0 saturated heterocycles. The Morgan fingerprint density at radius 3 is 2.65 bits per heavy atom. The van der Waals surface area contributed by atoms with Gasteiger partial charge in [-0.2, -0.15) is 0 Å². The minimum absolute atomic E-state index is 0.0398. The lowest BCUT2D eigenvalue weighted by Crippen LogP contribution is -2.39. The molecule has 6 heteroatoms. The lowest BCUT2D eigenvalue weighted by Gasteiger charge is -2.08. The number of rotatable bonds is 7. The second-order valence-electron chi connectivity index (χ2n) is 4.33. The summed E-state index contributed by atoms with van der Waals surface area (Å²) >= 11 is 5.89. The molecule has 0 aliphatic rings. The molecule has 0 fully saturated rings. The maximum Gasteiger partial charge on any atom is 0.258 e. The van der Waals surface area contributed by atoms with Crippen molar-refractivity contribution in [2.45, 2.75) is 20.3 Å². The molecule has 1 rings (SSSR count). The summed E-state index contributed by atoms with van der Waals surface area (Å²) in [5.74, 6) is 0.0178. The van der Waals surface area contributed by atoms with Crippen LogP contribution in [0.25, 0.3) is 0 Å². The fourth-order valence-corrected chi connectivity index (χ4v) is 1.53. The van der Waals surface area contributed by atoms with E-state index in [-0.39, 0.29) is 25.0 Å². The van der Waals surface area contributed by atoms with Gasteiger partial charge in [0, 0.05) is 11.6 Å². The molecule has 0 unspecified atom stereocenters. The first kappa shape index (κ1) is 16.3. The summed E-state index contributed by atoms with van der Waals surface area (Å²) < 4.78 is 5.31. The predicted octanol–water partition coefficient (Wildman–Crippen LogP) is 1.67. The molecule has 0 aliphatic heterocycles. The molecule has 5 nitrogen and oxygen atoms in total. The fraction of sp³-hybridized carbons (Fsp3) is 0.429. The number of hydrogen-bond donors (Lipinski definition) is 2. The molecule has 0 aromatic heterocycles. The maximum atomic E-state index is 11.5. The Balaban J connectivity index is 2.29. The smallest absolute Gasteiger partial charge is 0.258 e. The minimum atomic E-state index is -0.343. The third kappa shape index (κ3) is 5.93. The largest absolute Gasteiger partial charge is 0.484 e. The average molecular weight is 299 g/mol. The number of benzene rings is 1. The summed E-state index contributed by atoms with van der Waals surface area (Å²) in [6.07, 6.45) is 0.860. The zero-order valence-corrected chi connectivity index (χ0v) is 12.4. The number of ether oxygens (including phenoxy) is 1. The first-order valence-electron chi connectivity index (χ1n) is 6.45. The number of carbonyl (C=O) groups excluding carboxylic acids is 2. The molecule has 1 aromatic carbocycles. The van der Waals surface area contributed by atoms with Crippen LogP contribution in [-0.2, 0) is 9.59 Å². The Bertz CT molecular complexity index is 477. The Kier molecular flexibility index (Phi) is 6.87. The quantitative estimate of drug-likeness (QED) is 0.804. The second-order valence-corrected chi connectivity index (χ2v) is 4.73. The highest BCUT2D eigenvalue weighted by molar-refractivity contribution is 6.31. The second kappa shape index (κ2) is 8.43. The van der Waals surface area contributed by atoms with Gasteiger partial charge in [0.15, 0.2) is 6.61 Å². The monoisotopic (exact) mass is 298 g/mol. The third-order valence-electron chi connectivity index (χ3n) is 2.52. The van der Waals surface area contributed by atoms with Crippen LogP contribution in [0.4, 0.5) is 0 Å². The molecule has 0 heterocycles. The Labute approximate surface area is 123 Å². The average Bonchev–Trinajstić information content (AvgIpc) is 2.44. The molecular weight excluding hydrogens is 280 g/mol. The van der Waals surface area contributed by atoms with Crippen molar-refractivity contribution in [1.29, 1.82) is 0 Å². The molecule has 0 bridgehead atoms. The zero-order chi connectivity index (χ0) is 15.0. The van der Waals surface area contributed by atoms with Crippen LogP contribution in [-0.4, -0.2) is 31.5 Å². The van der Waals surface area contributed by atoms with Crippen LogP contribution >= 0.6 is 11.6 Å². The number of carbonyl (C=O) groups is 2. The van der Waals surface area contributed by atoms with Crippen molar-refractivity contribution in [3.8, 4) is 5.75 Å². The number of amides is 2. The first-order chi connectivity index (χ1) is 9.52. The van der Waals surface area contributed by atoms with Gasteiger partial charge in [-0.25, -0.2) is 0 Å². The number of nitrogens with one attached hydrogen (secondary N) is 2. The zero-order valence-electron chi connectivity index (χ0n) is 11.7. The van der Waals surface area contributed by atoms with Gasteiger partial charge in [-0.05, 0) is 37.1 Å². The number of halogens is 1. The standard InChI is InChI=1S/C14H19ClN2O3/c1-3-6-16-13(18)8-17-14(19)9-20-11-4-5-12(15)10(2)7-11/h4-5,7H,3,6,8-9H2,1-2H3,(H,16,18)(H,17,19). The fourth-order valence-electron chi connectivity index (χ4n) is 1.41. The molecule has 0 spiro atoms. The summed E-state index contributed by atoms with van der Waals surface area (Å²) in [4.78, 5) is 22.8. The van der Waals surface area contributed by atoms with E-state index in [4.69, 9.17) is 16.3 Å². The molecule has 2 N–H and O–H groups in total. The van der Waals surface area contributed by atoms with Crippen LogP contribution in [0, 0.1) is 6.92 Å². The Hall–Kier alpha value is -1.75. The Morgan fingerprint density at radius 2 is 2.00 bits per heavy atom. The highest BCUT2D eigenvalue weighted by Gasteiger charge is 2.06. The predicted molar refractivity (Wildman–Crippen MR) is 78.0 cm³/mol. The molecule has 0 atom stereocenters. The topological polar surface area (TPSA) is 67.4 Å². The molecule has 20 heavy (non-hydrogen) atoms. The van der Waals surface area contributed by atoms with Crippen LogP contribution in [0.2, 0.25) is 5.02 Å². The summed E-state index contributed by atoms with van der Waals surface area (Å²) in [6.45, 7) is 4.24. The van der Waals surface area contributed by atoms with Crippen molar-refractivity contribution in [2.75, 3.05) is 19.7 Å². The van der Waals surface area contributed by atoms with Crippen molar-refractivity contribution < 1.29 is 14.3 Å². The van der Waals surface area contributed by atoms with Gasteiger partial charge >= 0.3 is 0 Å². The van der Waals surface area contributed by atoms with Crippen LogP contribution in [0.3, 0.4) is 0 Å². The van der Waals surface area contributed by atoms with Gasteiger partial charge in [0.05, 0.1) is 6.54 Å². The molecule has 0 saturated carbocycles. The van der Waals surface area contributed by atoms with E-state index in [1.54, 1.807) is 18.2 Å². The normalized spacial score (nSPS) is 9.95. The van der Waals surface area contributed by atoms with Crippen molar-refractivity contribution >= 4 is 23.4 Å². The van der Waals surface area contributed by atoms with Crippen molar-refractivity contribution in [3.63, 3.8) is 0 Å². The van der Waals surface area contributed by atoms with Crippen LogP contribution in [0.15, 0.2) is 18.2 Å². The van der Waals surface area contributed by atoms with E-state index in [0.29, 0.717) is 17.3 Å². The van der Waals surface area contributed by atoms with Gasteiger partial charge in [0.25, 0.3) is 5.91 Å². The number of aryl methyl sites for hydroxylation is 1. The molecule has 0 radical (unpaired) electrons.